The van der Waals surface area contributed by atoms with Gasteiger partial charge < -0.3 is 10.3 Å². The lowest BCUT2D eigenvalue weighted by Crippen LogP contribution is -2.11. The summed E-state index contributed by atoms with van der Waals surface area (Å²) in [6, 6.07) is 16.4. The van der Waals surface area contributed by atoms with Gasteiger partial charge in [-0.2, -0.15) is 13.2 Å². The van der Waals surface area contributed by atoms with Gasteiger partial charge in [-0.15, -0.1) is 0 Å². The number of hydrogen-bond donors (Lipinski definition) is 1. The molecule has 0 aliphatic heterocycles. The fourth-order valence-corrected chi connectivity index (χ4v) is 3.83. The number of nitrogens with zero attached hydrogens (tertiary/aromatic N) is 1. The summed E-state index contributed by atoms with van der Waals surface area (Å²) in [5.41, 5.74) is 7.12. The van der Waals surface area contributed by atoms with Gasteiger partial charge in [0.25, 0.3) is 0 Å². The van der Waals surface area contributed by atoms with Crippen LogP contribution < -0.4 is 5.73 Å². The van der Waals surface area contributed by atoms with E-state index < -0.39 is 17.6 Å². The van der Waals surface area contributed by atoms with E-state index in [9.17, 15) is 18.0 Å². The number of carbonyl (C=O) groups excluding carboxylic acids is 1. The first-order valence-corrected chi connectivity index (χ1v) is 9.50. The first kappa shape index (κ1) is 18.8. The number of rotatable bonds is 3. The van der Waals surface area contributed by atoms with Crippen molar-refractivity contribution in [2.45, 2.75) is 12.7 Å². The van der Waals surface area contributed by atoms with Crippen LogP contribution in [0.5, 0.6) is 0 Å². The number of aromatic nitrogens is 1. The highest BCUT2D eigenvalue weighted by Crippen LogP contribution is 2.37. The van der Waals surface area contributed by atoms with Gasteiger partial charge in [-0.1, -0.05) is 24.3 Å². The maximum atomic E-state index is 13.3. The van der Waals surface area contributed by atoms with Crippen LogP contribution in [0.25, 0.3) is 21.8 Å². The molecule has 0 unspecified atom stereocenters. The Kier molecular flexibility index (Phi) is 4.57. The second-order valence-corrected chi connectivity index (χ2v) is 7.75. The van der Waals surface area contributed by atoms with E-state index in [1.165, 1.54) is 6.07 Å². The minimum Gasteiger partial charge on any atom is -0.366 e. The zero-order chi connectivity index (χ0) is 20.1. The number of benzene rings is 3. The molecule has 0 spiro atoms. The number of primary amides is 1. The summed E-state index contributed by atoms with van der Waals surface area (Å²) in [5, 5.41) is 1.15. The number of carbonyl (C=O) groups is 1. The van der Waals surface area contributed by atoms with Gasteiger partial charge >= 0.3 is 6.18 Å². The number of hydrogen-bond acceptors (Lipinski definition) is 1. The molecule has 0 atom stereocenters. The van der Waals surface area contributed by atoms with Crippen LogP contribution in [0.1, 0.15) is 21.5 Å². The van der Waals surface area contributed by atoms with Crippen molar-refractivity contribution in [1.82, 2.24) is 4.57 Å². The van der Waals surface area contributed by atoms with Gasteiger partial charge in [0.2, 0.25) is 5.91 Å². The van der Waals surface area contributed by atoms with Gasteiger partial charge in [0, 0.05) is 26.5 Å². The molecule has 0 aliphatic carbocycles. The maximum Gasteiger partial charge on any atom is 0.416 e. The molecule has 0 radical (unpaired) electrons. The van der Waals surface area contributed by atoms with E-state index >= 15 is 0 Å². The van der Waals surface area contributed by atoms with Gasteiger partial charge in [0.15, 0.2) is 0 Å². The fraction of sp³-hybridized carbons (Fsp3) is 0.0952. The maximum absolute atomic E-state index is 13.3. The average molecular weight is 494 g/mol. The molecule has 142 valence electrons. The molecule has 2 N–H and O–H groups in total. The van der Waals surface area contributed by atoms with Crippen LogP contribution in [0.3, 0.4) is 0 Å². The highest BCUT2D eigenvalue weighted by Gasteiger charge is 2.31. The van der Waals surface area contributed by atoms with Crippen molar-refractivity contribution in [1.29, 1.82) is 0 Å². The fourth-order valence-electron chi connectivity index (χ4n) is 3.47. The molecule has 1 heterocycles. The number of nitrogens with two attached hydrogens (primary N) is 1. The molecule has 0 bridgehead atoms. The first-order chi connectivity index (χ1) is 13.3. The topological polar surface area (TPSA) is 48.0 Å². The van der Waals surface area contributed by atoms with Gasteiger partial charge in [-0.3, -0.25) is 4.79 Å². The van der Waals surface area contributed by atoms with Crippen molar-refractivity contribution in [3.63, 3.8) is 0 Å². The molecule has 4 rings (SSSR count). The van der Waals surface area contributed by atoms with Gasteiger partial charge in [0.1, 0.15) is 0 Å². The molecule has 4 aromatic rings. The Morgan fingerprint density at radius 3 is 2.36 bits per heavy atom. The van der Waals surface area contributed by atoms with E-state index in [4.69, 9.17) is 5.73 Å². The van der Waals surface area contributed by atoms with Crippen LogP contribution in [0.2, 0.25) is 0 Å². The predicted molar refractivity (Wildman–Crippen MR) is 111 cm³/mol. The molecule has 28 heavy (non-hydrogen) atoms. The van der Waals surface area contributed by atoms with E-state index in [0.717, 1.165) is 21.3 Å². The Hall–Kier alpha value is -2.55. The van der Waals surface area contributed by atoms with Crippen LogP contribution in [0.15, 0.2) is 60.7 Å². The third-order valence-electron chi connectivity index (χ3n) is 4.74. The predicted octanol–water partition coefficient (Wildman–Crippen LogP) is 5.57. The lowest BCUT2D eigenvalue weighted by molar-refractivity contribution is -0.137. The molecule has 0 saturated carbocycles. The lowest BCUT2D eigenvalue weighted by Gasteiger charge is -2.10. The molecule has 7 heteroatoms. The second-order valence-electron chi connectivity index (χ2n) is 6.51. The largest absolute Gasteiger partial charge is 0.416 e. The van der Waals surface area contributed by atoms with E-state index in [2.05, 4.69) is 22.6 Å². The van der Waals surface area contributed by atoms with Crippen molar-refractivity contribution in [2.24, 2.45) is 5.73 Å². The molecule has 0 aliphatic rings. The Balaban J connectivity index is 2.04. The second kappa shape index (κ2) is 6.80. The summed E-state index contributed by atoms with van der Waals surface area (Å²) >= 11 is 2.20. The van der Waals surface area contributed by atoms with Crippen LogP contribution in [0.4, 0.5) is 13.2 Å². The minimum atomic E-state index is -4.45. The summed E-state index contributed by atoms with van der Waals surface area (Å²) in [4.78, 5) is 11.9. The summed E-state index contributed by atoms with van der Waals surface area (Å²) < 4.78 is 42.8. The highest BCUT2D eigenvalue weighted by molar-refractivity contribution is 14.1. The lowest BCUT2D eigenvalue weighted by atomic mass is 10.0. The molecular weight excluding hydrogens is 480 g/mol. The Bertz CT molecular complexity index is 1210. The Labute approximate surface area is 172 Å². The van der Waals surface area contributed by atoms with Crippen molar-refractivity contribution >= 4 is 50.3 Å². The van der Waals surface area contributed by atoms with Gasteiger partial charge in [-0.25, -0.2) is 0 Å². The molecule has 3 aromatic carbocycles. The molecule has 1 aromatic heterocycles. The number of amides is 1. The number of alkyl halides is 3. The summed E-state index contributed by atoms with van der Waals surface area (Å²) in [6.45, 7) is 0.375. The van der Waals surface area contributed by atoms with Gasteiger partial charge in [0.05, 0.1) is 16.6 Å². The molecule has 1 amide bonds. The third kappa shape index (κ3) is 3.23. The molecule has 3 nitrogen and oxygen atoms in total. The number of fused-ring (bicyclic) bond motifs is 3. The highest BCUT2D eigenvalue weighted by atomic mass is 127. The zero-order valence-corrected chi connectivity index (χ0v) is 16.6. The normalized spacial score (nSPS) is 12.0. The van der Waals surface area contributed by atoms with E-state index in [1.807, 2.05) is 24.3 Å². The van der Waals surface area contributed by atoms with Crippen molar-refractivity contribution in [3.05, 3.63) is 80.9 Å². The summed E-state index contributed by atoms with van der Waals surface area (Å²) in [7, 11) is 0. The minimum absolute atomic E-state index is 0.295. The van der Waals surface area contributed by atoms with Crippen LogP contribution >= 0.6 is 22.6 Å². The van der Waals surface area contributed by atoms with Crippen LogP contribution in [-0.2, 0) is 12.7 Å². The Morgan fingerprint density at radius 1 is 1.00 bits per heavy atom. The van der Waals surface area contributed by atoms with Crippen LogP contribution in [0, 0.1) is 3.57 Å². The van der Waals surface area contributed by atoms with Gasteiger partial charge in [-0.05, 0) is 64.6 Å². The van der Waals surface area contributed by atoms with E-state index in [0.29, 0.717) is 33.9 Å². The van der Waals surface area contributed by atoms with E-state index in [1.54, 1.807) is 22.8 Å². The monoisotopic (exact) mass is 494 g/mol. The van der Waals surface area contributed by atoms with Crippen molar-refractivity contribution in [2.75, 3.05) is 0 Å². The first-order valence-electron chi connectivity index (χ1n) is 8.42. The quantitative estimate of drug-likeness (QED) is 0.373. The smallest absolute Gasteiger partial charge is 0.366 e. The Morgan fingerprint density at radius 2 is 1.71 bits per heavy atom. The molecule has 0 fully saturated rings. The number of halogens is 4. The molecule has 0 saturated heterocycles. The molecular formula is C21H14F3IN2O. The van der Waals surface area contributed by atoms with Crippen molar-refractivity contribution < 1.29 is 18.0 Å². The SMILES string of the molecule is NC(=O)c1cccc2c1c1ccc(C(F)(F)F)cc1n2Cc1ccc(I)cc1. The summed E-state index contributed by atoms with van der Waals surface area (Å²) in [6.07, 6.45) is -4.45. The third-order valence-corrected chi connectivity index (χ3v) is 5.46. The van der Waals surface area contributed by atoms with E-state index in [-0.39, 0.29) is 0 Å². The zero-order valence-electron chi connectivity index (χ0n) is 14.4. The van der Waals surface area contributed by atoms with Crippen molar-refractivity contribution in [3.8, 4) is 0 Å². The average Bonchev–Trinajstić information content (AvgIpc) is 2.96. The summed E-state index contributed by atoms with van der Waals surface area (Å²) in [5.74, 6) is -0.612. The van der Waals surface area contributed by atoms with Crippen LogP contribution in [-0.4, -0.2) is 10.5 Å². The standard InChI is InChI=1S/C21H14F3IN2O/c22-21(23,24)13-6-9-15-18(10-13)27(11-12-4-7-14(25)8-5-12)17-3-1-2-16(19(15)17)20(26)28/h1-10H,11H2,(H2,26,28).